The molecule has 0 aliphatic heterocycles. The van der Waals surface area contributed by atoms with Gasteiger partial charge in [0, 0.05) is 5.54 Å². The zero-order valence-electron chi connectivity index (χ0n) is 8.47. The molecule has 13 heavy (non-hydrogen) atoms. The summed E-state index contributed by atoms with van der Waals surface area (Å²) in [5.41, 5.74) is 6.44. The average Bonchev–Trinajstić information content (AvgIpc) is 2.62. The Hall–Kier alpha value is -0.0400. The van der Waals surface area contributed by atoms with E-state index in [2.05, 4.69) is 0 Å². The van der Waals surface area contributed by atoms with Gasteiger partial charge in [0.1, 0.15) is 0 Å². The van der Waals surface area contributed by atoms with Crippen LogP contribution in [0.4, 0.5) is 0 Å². The summed E-state index contributed by atoms with van der Waals surface area (Å²) in [6.45, 7) is 0. The van der Waals surface area contributed by atoms with E-state index < -0.39 is 0 Å². The highest BCUT2D eigenvalue weighted by atomic mass is 14.8. The molecular formula is C12H21N. The minimum Gasteiger partial charge on any atom is -0.325 e. The van der Waals surface area contributed by atoms with E-state index in [1.165, 1.54) is 51.4 Å². The number of rotatable bonds is 3. The first-order valence-corrected chi connectivity index (χ1v) is 6.06. The van der Waals surface area contributed by atoms with Crippen molar-refractivity contribution in [3.8, 4) is 0 Å². The molecule has 0 aromatic rings. The van der Waals surface area contributed by atoms with Crippen LogP contribution in [0.15, 0.2) is 0 Å². The van der Waals surface area contributed by atoms with Crippen molar-refractivity contribution in [1.82, 2.24) is 0 Å². The molecule has 0 unspecified atom stereocenters. The van der Waals surface area contributed by atoms with E-state index in [9.17, 15) is 0 Å². The lowest BCUT2D eigenvalue weighted by molar-refractivity contribution is 0.348. The van der Waals surface area contributed by atoms with Crippen molar-refractivity contribution in [3.05, 3.63) is 0 Å². The Bertz CT molecular complexity index is 187. The molecule has 3 aliphatic carbocycles. The van der Waals surface area contributed by atoms with E-state index >= 15 is 0 Å². The van der Waals surface area contributed by atoms with Crippen molar-refractivity contribution in [1.29, 1.82) is 0 Å². The topological polar surface area (TPSA) is 26.0 Å². The van der Waals surface area contributed by atoms with Gasteiger partial charge in [0.05, 0.1) is 0 Å². The second kappa shape index (κ2) is 2.73. The van der Waals surface area contributed by atoms with Gasteiger partial charge in [-0.05, 0) is 69.1 Å². The number of fused-ring (bicyclic) bond motifs is 2. The van der Waals surface area contributed by atoms with Gasteiger partial charge in [-0.25, -0.2) is 0 Å². The molecule has 3 saturated carbocycles. The van der Waals surface area contributed by atoms with Gasteiger partial charge in [0.2, 0.25) is 0 Å². The smallest absolute Gasteiger partial charge is 0.0155 e. The number of hydrogen-bond acceptors (Lipinski definition) is 1. The highest BCUT2D eigenvalue weighted by Gasteiger charge is 2.44. The number of hydrogen-bond donors (Lipinski definition) is 1. The second-order valence-corrected chi connectivity index (χ2v) is 5.74. The van der Waals surface area contributed by atoms with Crippen molar-refractivity contribution in [3.63, 3.8) is 0 Å². The Labute approximate surface area is 81.1 Å². The van der Waals surface area contributed by atoms with Crippen LogP contribution in [-0.2, 0) is 0 Å². The summed E-state index contributed by atoms with van der Waals surface area (Å²) >= 11 is 0. The summed E-state index contributed by atoms with van der Waals surface area (Å²) in [4.78, 5) is 0. The van der Waals surface area contributed by atoms with Crippen molar-refractivity contribution in [2.45, 2.75) is 56.9 Å². The molecule has 0 saturated heterocycles. The van der Waals surface area contributed by atoms with Crippen LogP contribution in [0.3, 0.4) is 0 Å². The summed E-state index contributed by atoms with van der Waals surface area (Å²) in [6.07, 6.45) is 11.5. The van der Waals surface area contributed by atoms with Crippen LogP contribution in [0.1, 0.15) is 51.4 Å². The van der Waals surface area contributed by atoms with E-state index in [-0.39, 0.29) is 0 Å². The molecule has 2 bridgehead atoms. The maximum atomic E-state index is 6.14. The molecule has 1 heteroatoms. The maximum Gasteiger partial charge on any atom is 0.0155 e. The van der Waals surface area contributed by atoms with Crippen LogP contribution >= 0.6 is 0 Å². The van der Waals surface area contributed by atoms with E-state index in [0.29, 0.717) is 5.54 Å². The van der Waals surface area contributed by atoms with Gasteiger partial charge in [-0.2, -0.15) is 0 Å². The molecule has 0 atom stereocenters. The Morgan fingerprint density at radius 1 is 1.00 bits per heavy atom. The largest absolute Gasteiger partial charge is 0.325 e. The third-order valence-electron chi connectivity index (χ3n) is 4.90. The van der Waals surface area contributed by atoms with Gasteiger partial charge in [-0.15, -0.1) is 0 Å². The highest BCUT2D eigenvalue weighted by molar-refractivity contribution is 5.00. The van der Waals surface area contributed by atoms with Crippen molar-refractivity contribution in [2.75, 3.05) is 0 Å². The molecule has 0 aromatic carbocycles. The molecule has 0 aromatic heterocycles. The minimum atomic E-state index is 0.308. The summed E-state index contributed by atoms with van der Waals surface area (Å²) in [5.74, 6) is 3.29. The van der Waals surface area contributed by atoms with Gasteiger partial charge < -0.3 is 5.73 Å². The van der Waals surface area contributed by atoms with Gasteiger partial charge in [-0.3, -0.25) is 0 Å². The van der Waals surface area contributed by atoms with E-state index in [1.807, 2.05) is 0 Å². The van der Waals surface area contributed by atoms with Gasteiger partial charge in [0.25, 0.3) is 0 Å². The zero-order chi connectivity index (χ0) is 8.89. The van der Waals surface area contributed by atoms with Crippen LogP contribution in [0.5, 0.6) is 0 Å². The maximum absolute atomic E-state index is 6.14. The predicted octanol–water partition coefficient (Wildman–Crippen LogP) is 2.69. The van der Waals surface area contributed by atoms with Crippen LogP contribution in [0.2, 0.25) is 0 Å². The Balaban J connectivity index is 1.55. The minimum absolute atomic E-state index is 0.308. The zero-order valence-corrected chi connectivity index (χ0v) is 8.47. The highest BCUT2D eigenvalue weighted by Crippen LogP contribution is 2.52. The quantitative estimate of drug-likeness (QED) is 0.708. The molecule has 2 N–H and O–H groups in total. The van der Waals surface area contributed by atoms with Gasteiger partial charge in [0.15, 0.2) is 0 Å². The molecule has 1 nitrogen and oxygen atoms in total. The molecule has 74 valence electrons. The lowest BCUT2D eigenvalue weighted by Crippen LogP contribution is -2.23. The molecule has 0 amide bonds. The fourth-order valence-corrected chi connectivity index (χ4v) is 3.72. The molecule has 0 radical (unpaired) electrons. The van der Waals surface area contributed by atoms with E-state index in [4.69, 9.17) is 5.73 Å². The molecule has 3 rings (SSSR count). The monoisotopic (exact) mass is 179 g/mol. The average molecular weight is 179 g/mol. The summed E-state index contributed by atoms with van der Waals surface area (Å²) in [7, 11) is 0. The Morgan fingerprint density at radius 3 is 2.00 bits per heavy atom. The normalized spacial score (nSPS) is 45.5. The van der Waals surface area contributed by atoms with Gasteiger partial charge in [-0.1, -0.05) is 0 Å². The summed E-state index contributed by atoms with van der Waals surface area (Å²) in [5, 5.41) is 0. The lowest BCUT2D eigenvalue weighted by atomic mass is 9.90. The van der Waals surface area contributed by atoms with Crippen LogP contribution in [0, 0.1) is 17.8 Å². The van der Waals surface area contributed by atoms with Gasteiger partial charge >= 0.3 is 0 Å². The number of nitrogens with two attached hydrogens (primary N) is 1. The van der Waals surface area contributed by atoms with Crippen molar-refractivity contribution < 1.29 is 0 Å². The standard InChI is InChI=1S/C12H21N/c13-12(7-8-12)6-5-11-9-1-2-10(11)4-3-9/h9-11H,1-8,13H2. The molecular weight excluding hydrogens is 158 g/mol. The second-order valence-electron chi connectivity index (χ2n) is 5.74. The molecule has 3 fully saturated rings. The third kappa shape index (κ3) is 1.41. The molecule has 3 aliphatic rings. The van der Waals surface area contributed by atoms with Crippen LogP contribution < -0.4 is 5.73 Å². The summed E-state index contributed by atoms with van der Waals surface area (Å²) < 4.78 is 0. The molecule has 0 spiro atoms. The first kappa shape index (κ1) is 8.28. The SMILES string of the molecule is NC1(CCC2C3CCC2CC3)CC1. The Kier molecular flexibility index (Phi) is 1.74. The van der Waals surface area contributed by atoms with Crippen LogP contribution in [0.25, 0.3) is 0 Å². The third-order valence-corrected chi connectivity index (χ3v) is 4.90. The first-order chi connectivity index (χ1) is 6.27. The Morgan fingerprint density at radius 2 is 1.54 bits per heavy atom. The fraction of sp³-hybridized carbons (Fsp3) is 1.00. The predicted molar refractivity (Wildman–Crippen MR) is 54.3 cm³/mol. The molecule has 0 heterocycles. The summed E-state index contributed by atoms with van der Waals surface area (Å²) in [6, 6.07) is 0. The van der Waals surface area contributed by atoms with Crippen LogP contribution in [-0.4, -0.2) is 5.54 Å². The lowest BCUT2D eigenvalue weighted by Gasteiger charge is -2.17. The first-order valence-electron chi connectivity index (χ1n) is 6.06. The van der Waals surface area contributed by atoms with E-state index in [1.54, 1.807) is 0 Å². The van der Waals surface area contributed by atoms with Crippen molar-refractivity contribution in [2.24, 2.45) is 23.5 Å². The van der Waals surface area contributed by atoms with Crippen molar-refractivity contribution >= 4 is 0 Å². The van der Waals surface area contributed by atoms with E-state index in [0.717, 1.165) is 17.8 Å². The fourth-order valence-electron chi connectivity index (χ4n) is 3.72.